The van der Waals surface area contributed by atoms with E-state index in [1.54, 1.807) is 79.7 Å². The van der Waals surface area contributed by atoms with E-state index >= 15 is 0 Å². The number of methoxy groups -OCH3 is 2. The number of nitrogens with zero attached hydrogens (tertiary/aromatic N) is 8. The largest absolute Gasteiger partial charge is 0.496 e. The second kappa shape index (κ2) is 42.3. The van der Waals surface area contributed by atoms with Gasteiger partial charge in [0.25, 0.3) is 11.8 Å². The fourth-order valence-corrected chi connectivity index (χ4v) is 12.6. The quantitative estimate of drug-likeness (QED) is 0.0299. The maximum Gasteiger partial charge on any atom is 0.334 e. The first-order chi connectivity index (χ1) is 47.7. The Bertz CT molecular complexity index is 3150. The lowest BCUT2D eigenvalue weighted by Gasteiger charge is -2.44. The van der Waals surface area contributed by atoms with Crippen molar-refractivity contribution in [3.63, 3.8) is 0 Å². The zero-order chi connectivity index (χ0) is 73.5. The summed E-state index contributed by atoms with van der Waals surface area (Å²) in [4.78, 5) is 125. The van der Waals surface area contributed by atoms with Crippen molar-refractivity contribution in [2.45, 2.75) is 116 Å². The van der Waals surface area contributed by atoms with Crippen LogP contribution >= 0.6 is 0 Å². The van der Waals surface area contributed by atoms with Gasteiger partial charge in [0.05, 0.1) is 70.7 Å². The minimum Gasteiger partial charge on any atom is -0.496 e. The van der Waals surface area contributed by atoms with Crippen LogP contribution in [-0.2, 0) is 47.8 Å². The first kappa shape index (κ1) is 82.6. The van der Waals surface area contributed by atoms with E-state index in [0.717, 1.165) is 12.0 Å². The predicted molar refractivity (Wildman–Crippen MR) is 374 cm³/mol. The number of carboxylic acid groups (broad SMARTS) is 4. The van der Waals surface area contributed by atoms with Crippen LogP contribution in [0.2, 0.25) is 0 Å². The maximum absolute atomic E-state index is 14.4. The van der Waals surface area contributed by atoms with Crippen LogP contribution in [0.5, 0.6) is 11.5 Å². The summed E-state index contributed by atoms with van der Waals surface area (Å²) in [5.74, 6) is -5.28. The zero-order valence-corrected chi connectivity index (χ0v) is 60.1. The molecule has 1 aliphatic heterocycles. The fourth-order valence-electron chi connectivity index (χ4n) is 12.6. The summed E-state index contributed by atoms with van der Waals surface area (Å²) in [6, 6.07) is 11.3. The molecule has 29 heteroatoms. The van der Waals surface area contributed by atoms with Gasteiger partial charge >= 0.3 is 23.9 Å². The molecule has 0 spiro atoms. The molecule has 7 N–H and O–H groups in total. The Morgan fingerprint density at radius 2 is 1.23 bits per heavy atom. The number of nitrogens with one attached hydrogen (secondary N) is 3. The van der Waals surface area contributed by atoms with Crippen molar-refractivity contribution in [3.8, 4) is 28.4 Å². The molecule has 1 saturated heterocycles. The number of carbonyl (C=O) groups is 9. The number of amides is 5. The van der Waals surface area contributed by atoms with Crippen molar-refractivity contribution in [1.82, 2.24) is 55.1 Å². The van der Waals surface area contributed by atoms with Crippen LogP contribution < -0.4 is 25.4 Å². The van der Waals surface area contributed by atoms with Gasteiger partial charge < -0.3 is 74.8 Å². The molecule has 5 amide bonds. The number of rotatable bonds is 44. The van der Waals surface area contributed by atoms with Crippen LogP contribution in [0.4, 0.5) is 0 Å². The molecule has 2 aromatic carbocycles. The number of benzene rings is 2. The molecule has 5 rings (SSSR count). The molecule has 2 aliphatic rings. The number of hydrogen-bond acceptors (Lipinski definition) is 19. The smallest absolute Gasteiger partial charge is 0.334 e. The number of ether oxygens (including phenoxy) is 5. The lowest BCUT2D eigenvalue weighted by atomic mass is 9.66. The average molecular weight is 1400 g/mol. The standard InChI is InChI=1S/C71H109N11O18/c1-11-52-43-50(4)71(70(94)95,51(5)44-52)74-67(90)55-46-58(66-59(96-9)17-12-18-60(66)97-10)82(75-55)56-20-19-53(45-54(56)49(2)3)68(91)78(8)30-16-28-76(6)27-15-29-77(7)63(85)24-23-62(84)73-26-14-38-99-40-42-100-41-39-98-37-13-25-72-61(83)22-21-57(69(92)93)81-35-33-79(47-64(86)87)31-32-80(34-36-81)48-65(88)89/h12,17-20,45-46,49,51-52,57H,4,11,13-16,21-44,47-48H2,1-3,5-10H3,(H,72,83)(H,73,84)(H,74,90)(H,86,87)(H,88,89)(H,92,93)(H,94,95). The monoisotopic (exact) mass is 1400 g/mol. The Hall–Kier alpha value is -8.06. The molecule has 0 radical (unpaired) electrons. The fraction of sp³-hybridized carbons (Fsp3) is 0.634. The molecule has 2 fully saturated rings. The SMILES string of the molecule is C=C1CC(CC)CC(C)C1(NC(=O)c1cc(-c2c(OC)cccc2OC)n(-c2ccc(C(=O)N(C)CCCN(C)CCCN(C)C(=O)CCC(=O)NCCCOCCOCCOCCCNC(=O)CCC(C(=O)O)N3CCN(CC(=O)O)CCN(CC(=O)O)CC3)cc2C(C)C)n1)C(=O)O. The molecular formula is C71H109N11O18. The van der Waals surface area contributed by atoms with E-state index in [4.69, 9.17) is 28.8 Å². The van der Waals surface area contributed by atoms with Crippen molar-refractivity contribution < 1.29 is 87.3 Å². The number of carbonyl (C=O) groups excluding carboxylic acids is 5. The topological polar surface area (TPSA) is 354 Å². The molecule has 556 valence electrons. The first-order valence-corrected chi connectivity index (χ1v) is 34.7. The van der Waals surface area contributed by atoms with Crippen LogP contribution in [0, 0.1) is 11.8 Å². The Morgan fingerprint density at radius 3 is 1.74 bits per heavy atom. The van der Waals surface area contributed by atoms with Crippen molar-refractivity contribution >= 4 is 53.4 Å². The molecule has 1 saturated carbocycles. The summed E-state index contributed by atoms with van der Waals surface area (Å²) in [7, 11) is 8.55. The average Bonchev–Trinajstić information content (AvgIpc) is 1.39. The lowest BCUT2D eigenvalue weighted by Crippen LogP contribution is -2.62. The summed E-state index contributed by atoms with van der Waals surface area (Å²) in [6.07, 6.45) is 4.58. The van der Waals surface area contributed by atoms with Gasteiger partial charge in [-0.2, -0.15) is 5.10 Å². The highest BCUT2D eigenvalue weighted by Crippen LogP contribution is 2.43. The van der Waals surface area contributed by atoms with Crippen molar-refractivity contribution in [2.24, 2.45) is 11.8 Å². The minimum absolute atomic E-state index is 0.0239. The molecule has 29 nitrogen and oxygen atoms in total. The summed E-state index contributed by atoms with van der Waals surface area (Å²) >= 11 is 0. The summed E-state index contributed by atoms with van der Waals surface area (Å²) < 4.78 is 30.0. The van der Waals surface area contributed by atoms with Crippen molar-refractivity contribution in [1.29, 1.82) is 0 Å². The molecule has 1 aliphatic carbocycles. The van der Waals surface area contributed by atoms with Crippen LogP contribution in [0.1, 0.15) is 131 Å². The van der Waals surface area contributed by atoms with E-state index in [0.29, 0.717) is 170 Å². The number of hydrogen-bond donors (Lipinski definition) is 7. The zero-order valence-electron chi connectivity index (χ0n) is 60.1. The van der Waals surface area contributed by atoms with Gasteiger partial charge in [0, 0.05) is 118 Å². The minimum atomic E-state index is -1.70. The van der Waals surface area contributed by atoms with E-state index in [-0.39, 0.29) is 106 Å². The van der Waals surface area contributed by atoms with Crippen molar-refractivity contribution in [3.05, 3.63) is 71.4 Å². The second-order valence-electron chi connectivity index (χ2n) is 26.1. The van der Waals surface area contributed by atoms with Gasteiger partial charge in [-0.1, -0.05) is 46.8 Å². The van der Waals surface area contributed by atoms with Gasteiger partial charge in [-0.3, -0.25) is 53.1 Å². The second-order valence-corrected chi connectivity index (χ2v) is 26.1. The van der Waals surface area contributed by atoms with E-state index in [1.807, 2.05) is 33.9 Å². The van der Waals surface area contributed by atoms with Gasteiger partial charge in [-0.15, -0.1) is 0 Å². The summed E-state index contributed by atoms with van der Waals surface area (Å²) in [5.41, 5.74) is 1.51. The Morgan fingerprint density at radius 1 is 0.690 bits per heavy atom. The third kappa shape index (κ3) is 25.5. The van der Waals surface area contributed by atoms with E-state index in [9.17, 15) is 63.6 Å². The molecule has 0 bridgehead atoms. The normalized spacial score (nSPS) is 17.4. The Balaban J connectivity index is 0.935. The molecule has 2 heterocycles. The van der Waals surface area contributed by atoms with Crippen LogP contribution in [-0.4, -0.2) is 291 Å². The highest BCUT2D eigenvalue weighted by atomic mass is 16.5. The van der Waals surface area contributed by atoms with Crippen LogP contribution in [0.25, 0.3) is 16.9 Å². The Labute approximate surface area is 587 Å². The van der Waals surface area contributed by atoms with E-state index in [2.05, 4.69) is 34.4 Å². The summed E-state index contributed by atoms with van der Waals surface area (Å²) in [5, 5.41) is 52.7. The first-order valence-electron chi connectivity index (χ1n) is 34.7. The van der Waals surface area contributed by atoms with Crippen molar-refractivity contribution in [2.75, 3.05) is 167 Å². The van der Waals surface area contributed by atoms with Gasteiger partial charge in [0.15, 0.2) is 11.2 Å². The molecular weight excluding hydrogens is 1290 g/mol. The van der Waals surface area contributed by atoms with Gasteiger partial charge in [0.1, 0.15) is 17.5 Å². The molecule has 1 aromatic heterocycles. The lowest BCUT2D eigenvalue weighted by molar-refractivity contribution is -0.146. The molecule has 3 aromatic rings. The van der Waals surface area contributed by atoms with Crippen LogP contribution in [0.3, 0.4) is 0 Å². The number of carboxylic acids is 4. The maximum atomic E-state index is 14.4. The molecule has 100 heavy (non-hydrogen) atoms. The molecule has 4 unspecified atom stereocenters. The highest BCUT2D eigenvalue weighted by molar-refractivity contribution is 5.99. The summed E-state index contributed by atoms with van der Waals surface area (Å²) in [6.45, 7) is 18.5. The van der Waals surface area contributed by atoms with E-state index in [1.165, 1.54) is 14.2 Å². The van der Waals surface area contributed by atoms with Gasteiger partial charge in [-0.25, -0.2) is 9.48 Å². The number of aliphatic carboxylic acids is 4. The van der Waals surface area contributed by atoms with Gasteiger partial charge in [0.2, 0.25) is 17.7 Å². The highest BCUT2D eigenvalue weighted by Gasteiger charge is 2.51. The van der Waals surface area contributed by atoms with Crippen LogP contribution in [0.15, 0.2) is 54.6 Å². The predicted octanol–water partition coefficient (Wildman–Crippen LogP) is 4.65. The third-order valence-electron chi connectivity index (χ3n) is 18.4. The number of aromatic nitrogens is 2. The Kier molecular flexibility index (Phi) is 34.9. The third-order valence-corrected chi connectivity index (χ3v) is 18.4. The van der Waals surface area contributed by atoms with E-state index < -0.39 is 47.3 Å². The van der Waals surface area contributed by atoms with Gasteiger partial charge in [-0.05, 0) is 130 Å². The molecule has 4 atom stereocenters.